The third-order valence-electron chi connectivity index (χ3n) is 3.79. The Morgan fingerprint density at radius 1 is 1.12 bits per heavy atom. The van der Waals surface area contributed by atoms with E-state index in [0.717, 1.165) is 23.4 Å². The molecule has 0 saturated heterocycles. The first-order valence-electron chi connectivity index (χ1n) is 8.09. The predicted molar refractivity (Wildman–Crippen MR) is 93.8 cm³/mol. The Hall–Kier alpha value is -2.50. The van der Waals surface area contributed by atoms with Crippen molar-refractivity contribution in [3.8, 4) is 0 Å². The van der Waals surface area contributed by atoms with Crippen molar-refractivity contribution >= 4 is 17.3 Å². The third-order valence-corrected chi connectivity index (χ3v) is 3.79. The second kappa shape index (κ2) is 8.05. The molecule has 0 heterocycles. The summed E-state index contributed by atoms with van der Waals surface area (Å²) in [5.41, 5.74) is 1.53. The van der Waals surface area contributed by atoms with E-state index in [1.807, 2.05) is 38.1 Å². The zero-order valence-corrected chi connectivity index (χ0v) is 14.2. The topological polar surface area (TPSA) is 32.3 Å². The lowest BCUT2D eigenvalue weighted by Gasteiger charge is -2.21. The van der Waals surface area contributed by atoms with E-state index in [2.05, 4.69) is 5.32 Å². The van der Waals surface area contributed by atoms with Crippen LogP contribution >= 0.6 is 0 Å². The van der Waals surface area contributed by atoms with Crippen LogP contribution in [0.3, 0.4) is 0 Å². The number of anilines is 2. The van der Waals surface area contributed by atoms with Crippen molar-refractivity contribution in [1.29, 1.82) is 0 Å². The van der Waals surface area contributed by atoms with Crippen LogP contribution in [0, 0.1) is 6.92 Å². The number of rotatable bonds is 6. The average Bonchev–Trinajstić information content (AvgIpc) is 2.55. The smallest absolute Gasteiger partial charge is 0.385 e. The highest BCUT2D eigenvalue weighted by Crippen LogP contribution is 2.30. The van der Waals surface area contributed by atoms with Crippen LogP contribution in [0.25, 0.3) is 0 Å². The van der Waals surface area contributed by atoms with Crippen molar-refractivity contribution in [3.63, 3.8) is 0 Å². The maximum absolute atomic E-state index is 12.7. The Labute approximate surface area is 145 Å². The molecule has 0 radical (unpaired) electrons. The van der Waals surface area contributed by atoms with Crippen LogP contribution in [0.2, 0.25) is 0 Å². The molecule has 6 heteroatoms. The minimum absolute atomic E-state index is 0.0763. The summed E-state index contributed by atoms with van der Waals surface area (Å²) in [6, 6.07) is 12.6. The highest BCUT2D eigenvalue weighted by molar-refractivity contribution is 5.93. The van der Waals surface area contributed by atoms with E-state index in [1.54, 1.807) is 11.0 Å². The molecule has 0 aliphatic carbocycles. The second-order valence-corrected chi connectivity index (χ2v) is 5.73. The lowest BCUT2D eigenvalue weighted by Crippen LogP contribution is -2.31. The van der Waals surface area contributed by atoms with Gasteiger partial charge in [0.15, 0.2) is 0 Å². The number of amides is 1. The number of nitrogens with zero attached hydrogens (tertiary/aromatic N) is 1. The quantitative estimate of drug-likeness (QED) is 0.806. The summed E-state index contributed by atoms with van der Waals surface area (Å²) in [4.78, 5) is 14.1. The van der Waals surface area contributed by atoms with Crippen molar-refractivity contribution < 1.29 is 18.0 Å². The fraction of sp³-hybridized carbons (Fsp3) is 0.316. The number of carbonyl (C=O) groups is 1. The largest absolute Gasteiger partial charge is 0.416 e. The average molecular weight is 350 g/mol. The number of hydrogen-bond donors (Lipinski definition) is 1. The maximum Gasteiger partial charge on any atom is 0.416 e. The van der Waals surface area contributed by atoms with Gasteiger partial charge in [0.1, 0.15) is 0 Å². The van der Waals surface area contributed by atoms with Gasteiger partial charge in [0.05, 0.1) is 5.56 Å². The van der Waals surface area contributed by atoms with E-state index in [-0.39, 0.29) is 18.9 Å². The van der Waals surface area contributed by atoms with Crippen molar-refractivity contribution in [2.24, 2.45) is 0 Å². The maximum atomic E-state index is 12.7. The fourth-order valence-electron chi connectivity index (χ4n) is 2.55. The number of carbonyl (C=O) groups excluding carboxylic acids is 1. The van der Waals surface area contributed by atoms with Crippen LogP contribution in [-0.2, 0) is 11.0 Å². The molecule has 0 aliphatic rings. The molecule has 0 spiro atoms. The normalized spacial score (nSPS) is 11.2. The molecule has 0 saturated carbocycles. The number of nitrogens with one attached hydrogen (secondary N) is 1. The molecular formula is C19H21F3N2O. The van der Waals surface area contributed by atoms with E-state index in [9.17, 15) is 18.0 Å². The molecule has 3 nitrogen and oxygen atoms in total. The zero-order chi connectivity index (χ0) is 18.4. The molecule has 0 aromatic heterocycles. The van der Waals surface area contributed by atoms with E-state index >= 15 is 0 Å². The standard InChI is InChI=1S/C19H21F3N2O/c1-3-24(17-9-4-6-14(2)12-17)18(25)10-11-23-16-8-5-7-15(13-16)19(20,21)22/h4-9,12-13,23H,3,10-11H2,1-2H3. The Morgan fingerprint density at radius 3 is 2.48 bits per heavy atom. The molecule has 0 fully saturated rings. The van der Waals surface area contributed by atoms with E-state index in [4.69, 9.17) is 0 Å². The molecule has 25 heavy (non-hydrogen) atoms. The minimum Gasteiger partial charge on any atom is -0.385 e. The summed E-state index contributed by atoms with van der Waals surface area (Å²) in [6.45, 7) is 4.64. The van der Waals surface area contributed by atoms with E-state index < -0.39 is 11.7 Å². The molecule has 2 rings (SSSR count). The van der Waals surface area contributed by atoms with Crippen LogP contribution in [0.15, 0.2) is 48.5 Å². The van der Waals surface area contributed by atoms with Crippen molar-refractivity contribution in [3.05, 3.63) is 59.7 Å². The third kappa shape index (κ3) is 5.24. The van der Waals surface area contributed by atoms with Crippen molar-refractivity contribution in [2.45, 2.75) is 26.4 Å². The highest BCUT2D eigenvalue weighted by atomic mass is 19.4. The Kier molecular flexibility index (Phi) is 6.07. The van der Waals surface area contributed by atoms with Crippen molar-refractivity contribution in [1.82, 2.24) is 0 Å². The SMILES string of the molecule is CCN(C(=O)CCNc1cccc(C(F)(F)F)c1)c1cccc(C)c1. The summed E-state index contributed by atoms with van der Waals surface area (Å²) < 4.78 is 38.1. The zero-order valence-electron chi connectivity index (χ0n) is 14.2. The molecule has 2 aromatic rings. The summed E-state index contributed by atoms with van der Waals surface area (Å²) in [5, 5.41) is 2.88. The van der Waals surface area contributed by atoms with Crippen LogP contribution in [-0.4, -0.2) is 19.0 Å². The van der Waals surface area contributed by atoms with E-state index in [1.165, 1.54) is 6.07 Å². The number of alkyl halides is 3. The van der Waals surface area contributed by atoms with Gasteiger partial charge < -0.3 is 10.2 Å². The predicted octanol–water partition coefficient (Wildman–Crippen LogP) is 4.87. The first kappa shape index (κ1) is 18.8. The van der Waals surface area contributed by atoms with Gasteiger partial charge in [-0.1, -0.05) is 18.2 Å². The van der Waals surface area contributed by atoms with Gasteiger partial charge in [0, 0.05) is 30.9 Å². The van der Waals surface area contributed by atoms with Gasteiger partial charge >= 0.3 is 6.18 Å². The number of halogens is 3. The first-order chi connectivity index (χ1) is 11.8. The Bertz CT molecular complexity index is 729. The Morgan fingerprint density at radius 2 is 1.84 bits per heavy atom. The molecule has 1 N–H and O–H groups in total. The number of hydrogen-bond acceptors (Lipinski definition) is 2. The number of aryl methyl sites for hydroxylation is 1. The molecule has 134 valence electrons. The Balaban J connectivity index is 1.95. The van der Waals surface area contributed by atoms with Crippen LogP contribution in [0.5, 0.6) is 0 Å². The summed E-state index contributed by atoms with van der Waals surface area (Å²) in [6.07, 6.45) is -4.18. The molecular weight excluding hydrogens is 329 g/mol. The molecule has 0 aliphatic heterocycles. The molecule has 1 amide bonds. The van der Waals surface area contributed by atoms with Crippen molar-refractivity contribution in [2.75, 3.05) is 23.3 Å². The second-order valence-electron chi connectivity index (χ2n) is 5.73. The lowest BCUT2D eigenvalue weighted by molar-refractivity contribution is -0.137. The van der Waals surface area contributed by atoms with Gasteiger partial charge in [-0.15, -0.1) is 0 Å². The van der Waals surface area contributed by atoms with Gasteiger partial charge in [-0.2, -0.15) is 13.2 Å². The fourth-order valence-corrected chi connectivity index (χ4v) is 2.55. The van der Waals surface area contributed by atoms with Gasteiger partial charge in [0.2, 0.25) is 5.91 Å². The van der Waals surface area contributed by atoms with Gasteiger partial charge in [-0.05, 0) is 49.7 Å². The summed E-state index contributed by atoms with van der Waals surface area (Å²) in [7, 11) is 0. The summed E-state index contributed by atoms with van der Waals surface area (Å²) in [5.74, 6) is -0.0763. The van der Waals surface area contributed by atoms with Gasteiger partial charge in [0.25, 0.3) is 0 Å². The van der Waals surface area contributed by atoms with Gasteiger partial charge in [-0.25, -0.2) is 0 Å². The van der Waals surface area contributed by atoms with Gasteiger partial charge in [-0.3, -0.25) is 4.79 Å². The first-order valence-corrected chi connectivity index (χ1v) is 8.09. The lowest BCUT2D eigenvalue weighted by atomic mass is 10.2. The highest BCUT2D eigenvalue weighted by Gasteiger charge is 2.30. The minimum atomic E-state index is -4.38. The molecule has 0 unspecified atom stereocenters. The number of benzene rings is 2. The van der Waals surface area contributed by atoms with Crippen LogP contribution in [0.4, 0.5) is 24.5 Å². The van der Waals surface area contributed by atoms with Crippen LogP contribution in [0.1, 0.15) is 24.5 Å². The van der Waals surface area contributed by atoms with Crippen LogP contribution < -0.4 is 10.2 Å². The molecule has 2 aromatic carbocycles. The summed E-state index contributed by atoms with van der Waals surface area (Å²) >= 11 is 0. The monoisotopic (exact) mass is 350 g/mol. The van der Waals surface area contributed by atoms with E-state index in [0.29, 0.717) is 12.2 Å². The molecule has 0 atom stereocenters. The molecule has 0 bridgehead atoms.